The summed E-state index contributed by atoms with van der Waals surface area (Å²) in [6.45, 7) is 11.8. The van der Waals surface area contributed by atoms with E-state index in [-0.39, 0.29) is 0 Å². The summed E-state index contributed by atoms with van der Waals surface area (Å²) < 4.78 is 28.9. The van der Waals surface area contributed by atoms with Crippen molar-refractivity contribution in [2.75, 3.05) is 0 Å². The summed E-state index contributed by atoms with van der Waals surface area (Å²) in [5.41, 5.74) is 0. The molecule has 0 aliphatic carbocycles. The number of hydrogen-bond acceptors (Lipinski definition) is 4. The second-order valence-electron chi connectivity index (χ2n) is 5.49. The van der Waals surface area contributed by atoms with E-state index in [1.165, 1.54) is 0 Å². The number of halogens is 3. The molecule has 0 aromatic rings. The van der Waals surface area contributed by atoms with Crippen LogP contribution in [0.1, 0.15) is 80.1 Å². The molecule has 0 saturated heterocycles. The molecule has 0 fully saturated rings. The molecule has 0 saturated carbocycles. The third-order valence-electron chi connectivity index (χ3n) is 3.99. The summed E-state index contributed by atoms with van der Waals surface area (Å²) in [6, 6.07) is 0. The van der Waals surface area contributed by atoms with Crippen LogP contribution in [0.4, 0.5) is 0 Å². The van der Waals surface area contributed by atoms with Crippen LogP contribution in [0.3, 0.4) is 0 Å². The molecule has 4 nitrogen and oxygen atoms in total. The van der Waals surface area contributed by atoms with Crippen molar-refractivity contribution in [3.63, 3.8) is 0 Å². The Morgan fingerprint density at radius 1 is 0.609 bits per heavy atom. The standard InChI is InChI=1S/C15H30Br3O4P/c1-7-13(16,8-2)20-23(19,21-14(17,9-3)10-4)22-15(18,11-5)12-6/h7-12H2,1-6H3. The maximum Gasteiger partial charge on any atom is 0.478 e. The Hall–Kier alpha value is 1.55. The fourth-order valence-corrected chi connectivity index (χ4v) is 5.48. The Bertz CT molecular complexity index is 337. The summed E-state index contributed by atoms with van der Waals surface area (Å²) in [6.07, 6.45) is 3.84. The first-order valence-electron chi connectivity index (χ1n) is 8.27. The van der Waals surface area contributed by atoms with Gasteiger partial charge in [0.05, 0.1) is 0 Å². The molecule has 0 spiro atoms. The molecule has 0 rings (SSSR count). The lowest BCUT2D eigenvalue weighted by molar-refractivity contribution is 0.00263. The minimum Gasteiger partial charge on any atom is -0.269 e. The van der Waals surface area contributed by atoms with E-state index in [4.69, 9.17) is 13.6 Å². The van der Waals surface area contributed by atoms with Gasteiger partial charge in [0.25, 0.3) is 0 Å². The van der Waals surface area contributed by atoms with Crippen LogP contribution in [0.25, 0.3) is 0 Å². The lowest BCUT2D eigenvalue weighted by atomic mass is 10.2. The van der Waals surface area contributed by atoms with Gasteiger partial charge in [-0.15, -0.1) is 0 Å². The average molecular weight is 545 g/mol. The molecule has 0 aromatic heterocycles. The minimum atomic E-state index is -3.82. The highest BCUT2D eigenvalue weighted by atomic mass is 79.9. The highest BCUT2D eigenvalue weighted by Crippen LogP contribution is 2.63. The number of phosphoric acid groups is 1. The van der Waals surface area contributed by atoms with Gasteiger partial charge in [0.2, 0.25) is 0 Å². The maximum atomic E-state index is 13.5. The smallest absolute Gasteiger partial charge is 0.269 e. The highest BCUT2D eigenvalue weighted by molar-refractivity contribution is 9.10. The lowest BCUT2D eigenvalue weighted by Gasteiger charge is -2.37. The molecule has 140 valence electrons. The molecule has 8 heteroatoms. The van der Waals surface area contributed by atoms with Crippen LogP contribution in [-0.4, -0.2) is 13.5 Å². The Morgan fingerprint density at radius 3 is 0.913 bits per heavy atom. The quantitative estimate of drug-likeness (QED) is 0.185. The van der Waals surface area contributed by atoms with E-state index in [1.807, 2.05) is 41.5 Å². The van der Waals surface area contributed by atoms with Crippen LogP contribution in [0.2, 0.25) is 0 Å². The predicted octanol–water partition coefficient (Wildman–Crippen LogP) is 7.88. The first-order chi connectivity index (χ1) is 10.5. The van der Waals surface area contributed by atoms with Gasteiger partial charge < -0.3 is 0 Å². The number of hydrogen-bond donors (Lipinski definition) is 0. The van der Waals surface area contributed by atoms with Crippen LogP contribution < -0.4 is 0 Å². The molecule has 0 radical (unpaired) electrons. The van der Waals surface area contributed by atoms with Crippen molar-refractivity contribution in [3.05, 3.63) is 0 Å². The van der Waals surface area contributed by atoms with Gasteiger partial charge in [0.15, 0.2) is 0 Å². The van der Waals surface area contributed by atoms with E-state index in [9.17, 15) is 4.57 Å². The van der Waals surface area contributed by atoms with Crippen molar-refractivity contribution in [1.29, 1.82) is 0 Å². The monoisotopic (exact) mass is 542 g/mol. The van der Waals surface area contributed by atoms with Gasteiger partial charge in [0, 0.05) is 0 Å². The molecule has 0 atom stereocenters. The van der Waals surface area contributed by atoms with E-state index in [2.05, 4.69) is 47.8 Å². The second-order valence-corrected chi connectivity index (χ2v) is 11.3. The fraction of sp³-hybridized carbons (Fsp3) is 1.00. The zero-order valence-corrected chi connectivity index (χ0v) is 20.6. The molecule has 0 aliphatic rings. The summed E-state index contributed by atoms with van der Waals surface area (Å²) in [4.78, 5) is 0. The first-order valence-corrected chi connectivity index (χ1v) is 12.1. The van der Waals surface area contributed by atoms with Gasteiger partial charge in [0.1, 0.15) is 13.5 Å². The number of phosphoric ester groups is 1. The van der Waals surface area contributed by atoms with E-state index in [0.29, 0.717) is 38.5 Å². The molecule has 0 amide bonds. The van der Waals surface area contributed by atoms with Crippen molar-refractivity contribution in [1.82, 2.24) is 0 Å². The van der Waals surface area contributed by atoms with Crippen molar-refractivity contribution < 1.29 is 18.1 Å². The Balaban J connectivity index is 5.65. The molecular formula is C15H30Br3O4P. The normalized spacial score (nSPS) is 14.3. The molecule has 23 heavy (non-hydrogen) atoms. The van der Waals surface area contributed by atoms with Gasteiger partial charge in [-0.05, 0) is 38.5 Å². The number of alkyl halides is 3. The fourth-order valence-electron chi connectivity index (χ4n) is 1.79. The van der Waals surface area contributed by atoms with Crippen LogP contribution in [0.5, 0.6) is 0 Å². The van der Waals surface area contributed by atoms with Gasteiger partial charge in [-0.2, -0.15) is 0 Å². The van der Waals surface area contributed by atoms with Crippen molar-refractivity contribution in [2.45, 2.75) is 93.6 Å². The van der Waals surface area contributed by atoms with Gasteiger partial charge >= 0.3 is 7.82 Å². The van der Waals surface area contributed by atoms with E-state index in [1.54, 1.807) is 0 Å². The van der Waals surface area contributed by atoms with Crippen LogP contribution in [-0.2, 0) is 18.1 Å². The molecule has 0 aliphatic heterocycles. The molecule has 0 heterocycles. The maximum absolute atomic E-state index is 13.5. The molecule has 0 bridgehead atoms. The molecule has 0 aromatic carbocycles. The van der Waals surface area contributed by atoms with Crippen molar-refractivity contribution >= 4 is 55.6 Å². The van der Waals surface area contributed by atoms with Crippen LogP contribution in [0, 0.1) is 0 Å². The Kier molecular flexibility index (Phi) is 10.7. The summed E-state index contributed by atoms with van der Waals surface area (Å²) >= 11 is 10.6. The molecular weight excluding hydrogens is 515 g/mol. The number of rotatable bonds is 12. The summed E-state index contributed by atoms with van der Waals surface area (Å²) in [7, 11) is -3.82. The molecule has 0 N–H and O–H groups in total. The van der Waals surface area contributed by atoms with Crippen LogP contribution in [0.15, 0.2) is 0 Å². The topological polar surface area (TPSA) is 44.8 Å². The van der Waals surface area contributed by atoms with E-state index >= 15 is 0 Å². The van der Waals surface area contributed by atoms with Crippen LogP contribution >= 0.6 is 55.6 Å². The zero-order chi connectivity index (χ0) is 18.4. The third kappa shape index (κ3) is 7.76. The van der Waals surface area contributed by atoms with Crippen molar-refractivity contribution in [3.8, 4) is 0 Å². The van der Waals surface area contributed by atoms with Gasteiger partial charge in [-0.1, -0.05) is 89.3 Å². The summed E-state index contributed by atoms with van der Waals surface area (Å²) in [5.74, 6) is 0. The first kappa shape index (κ1) is 24.6. The van der Waals surface area contributed by atoms with E-state index < -0.39 is 21.4 Å². The highest BCUT2D eigenvalue weighted by Gasteiger charge is 2.47. The second kappa shape index (κ2) is 10.0. The minimum absolute atomic E-state index is 0.640. The Morgan fingerprint density at radius 2 is 0.783 bits per heavy atom. The Labute approximate surface area is 166 Å². The van der Waals surface area contributed by atoms with E-state index in [0.717, 1.165) is 0 Å². The third-order valence-corrected chi connectivity index (χ3v) is 10.3. The summed E-state index contributed by atoms with van der Waals surface area (Å²) in [5, 5.41) is 0. The lowest BCUT2D eigenvalue weighted by Crippen LogP contribution is -2.31. The molecule has 0 unspecified atom stereocenters. The van der Waals surface area contributed by atoms with Gasteiger partial charge in [-0.25, -0.2) is 4.57 Å². The SMILES string of the molecule is CCC(Br)(CC)OP(=O)(OC(Br)(CC)CC)OC(Br)(CC)CC. The average Bonchev–Trinajstić information content (AvgIpc) is 2.53. The largest absolute Gasteiger partial charge is 0.478 e. The predicted molar refractivity (Wildman–Crippen MR) is 108 cm³/mol. The zero-order valence-electron chi connectivity index (χ0n) is 15.0. The van der Waals surface area contributed by atoms with Gasteiger partial charge in [-0.3, -0.25) is 13.6 Å². The van der Waals surface area contributed by atoms with Crippen molar-refractivity contribution in [2.24, 2.45) is 0 Å².